The van der Waals surface area contributed by atoms with E-state index < -0.39 is 0 Å². The SMILES string of the molecule is COc1ccc(NC(=O)Nc2ccccc2Br)c(C)c1. The lowest BCUT2D eigenvalue weighted by Crippen LogP contribution is -2.20. The molecule has 2 aromatic carbocycles. The molecule has 0 aliphatic heterocycles. The van der Waals surface area contributed by atoms with Crippen LogP contribution in [0.15, 0.2) is 46.9 Å². The van der Waals surface area contributed by atoms with Gasteiger partial charge in [0.1, 0.15) is 5.75 Å². The van der Waals surface area contributed by atoms with Crippen molar-refractivity contribution in [3.63, 3.8) is 0 Å². The molecule has 0 radical (unpaired) electrons. The van der Waals surface area contributed by atoms with E-state index in [1.165, 1.54) is 0 Å². The second-order valence-electron chi connectivity index (χ2n) is 4.24. The van der Waals surface area contributed by atoms with Crippen molar-refractivity contribution in [1.82, 2.24) is 0 Å². The van der Waals surface area contributed by atoms with E-state index in [0.29, 0.717) is 0 Å². The van der Waals surface area contributed by atoms with Crippen molar-refractivity contribution >= 4 is 33.3 Å². The number of para-hydroxylation sites is 1. The molecule has 0 fully saturated rings. The van der Waals surface area contributed by atoms with Gasteiger partial charge in [-0.15, -0.1) is 0 Å². The molecule has 2 aromatic rings. The fourth-order valence-corrected chi connectivity index (χ4v) is 2.13. The number of amides is 2. The van der Waals surface area contributed by atoms with Crippen LogP contribution in [0.25, 0.3) is 0 Å². The molecule has 0 bridgehead atoms. The minimum absolute atomic E-state index is 0.287. The van der Waals surface area contributed by atoms with Crippen LogP contribution in [0.1, 0.15) is 5.56 Å². The molecule has 2 rings (SSSR count). The third kappa shape index (κ3) is 3.51. The van der Waals surface area contributed by atoms with Gasteiger partial charge in [0.25, 0.3) is 0 Å². The summed E-state index contributed by atoms with van der Waals surface area (Å²) in [6, 6.07) is 12.6. The maximum absolute atomic E-state index is 12.0. The second kappa shape index (κ2) is 6.43. The number of ether oxygens (including phenoxy) is 1. The van der Waals surface area contributed by atoms with Crippen molar-refractivity contribution in [3.8, 4) is 5.75 Å². The van der Waals surface area contributed by atoms with E-state index in [0.717, 1.165) is 27.2 Å². The third-order valence-electron chi connectivity index (χ3n) is 2.80. The Balaban J connectivity index is 2.07. The van der Waals surface area contributed by atoms with Crippen LogP contribution >= 0.6 is 15.9 Å². The van der Waals surface area contributed by atoms with Gasteiger partial charge in [-0.05, 0) is 58.7 Å². The van der Waals surface area contributed by atoms with E-state index in [9.17, 15) is 4.79 Å². The summed E-state index contributed by atoms with van der Waals surface area (Å²) >= 11 is 3.38. The van der Waals surface area contributed by atoms with Crippen LogP contribution in [0.3, 0.4) is 0 Å². The molecule has 20 heavy (non-hydrogen) atoms. The number of hydrogen-bond donors (Lipinski definition) is 2. The fourth-order valence-electron chi connectivity index (χ4n) is 1.74. The summed E-state index contributed by atoms with van der Waals surface area (Å²) in [6.07, 6.45) is 0. The van der Waals surface area contributed by atoms with Crippen LogP contribution in [0, 0.1) is 6.92 Å². The molecule has 0 aliphatic carbocycles. The summed E-state index contributed by atoms with van der Waals surface area (Å²) in [6.45, 7) is 1.91. The number of aryl methyl sites for hydroxylation is 1. The molecular weight excluding hydrogens is 320 g/mol. The minimum atomic E-state index is -0.287. The highest BCUT2D eigenvalue weighted by Crippen LogP contribution is 2.23. The maximum Gasteiger partial charge on any atom is 0.323 e. The molecule has 0 heterocycles. The standard InChI is InChI=1S/C15H15BrN2O2/c1-10-9-11(20-2)7-8-13(10)17-15(19)18-14-6-4-3-5-12(14)16/h3-9H,1-2H3,(H2,17,18,19). The van der Waals surface area contributed by atoms with Crippen molar-refractivity contribution < 1.29 is 9.53 Å². The van der Waals surface area contributed by atoms with Crippen LogP contribution in [0.4, 0.5) is 16.2 Å². The molecule has 0 saturated carbocycles. The summed E-state index contributed by atoms with van der Waals surface area (Å²) in [5.41, 5.74) is 2.40. The number of carbonyl (C=O) groups excluding carboxylic acids is 1. The van der Waals surface area contributed by atoms with Crippen molar-refractivity contribution in [2.24, 2.45) is 0 Å². The van der Waals surface area contributed by atoms with Crippen LogP contribution in [-0.4, -0.2) is 13.1 Å². The fraction of sp³-hybridized carbons (Fsp3) is 0.133. The normalized spacial score (nSPS) is 9.95. The first-order chi connectivity index (χ1) is 9.60. The smallest absolute Gasteiger partial charge is 0.323 e. The molecule has 0 spiro atoms. The van der Waals surface area contributed by atoms with Crippen LogP contribution in [0.5, 0.6) is 5.75 Å². The highest BCUT2D eigenvalue weighted by molar-refractivity contribution is 9.10. The van der Waals surface area contributed by atoms with Crippen molar-refractivity contribution in [2.75, 3.05) is 17.7 Å². The molecule has 4 nitrogen and oxygen atoms in total. The number of hydrogen-bond acceptors (Lipinski definition) is 2. The van der Waals surface area contributed by atoms with Gasteiger partial charge in [-0.25, -0.2) is 4.79 Å². The molecule has 2 N–H and O–H groups in total. The van der Waals surface area contributed by atoms with Gasteiger partial charge in [0.15, 0.2) is 0 Å². The van der Waals surface area contributed by atoms with Gasteiger partial charge < -0.3 is 15.4 Å². The summed E-state index contributed by atoms with van der Waals surface area (Å²) < 4.78 is 5.97. The average molecular weight is 335 g/mol. The molecule has 0 atom stereocenters. The summed E-state index contributed by atoms with van der Waals surface area (Å²) in [5, 5.41) is 5.60. The van der Waals surface area contributed by atoms with Gasteiger partial charge in [0.05, 0.1) is 12.8 Å². The highest BCUT2D eigenvalue weighted by atomic mass is 79.9. The lowest BCUT2D eigenvalue weighted by molar-refractivity contribution is 0.262. The van der Waals surface area contributed by atoms with Gasteiger partial charge >= 0.3 is 6.03 Å². The Morgan fingerprint density at radius 1 is 1.10 bits per heavy atom. The Labute approximate surface area is 126 Å². The lowest BCUT2D eigenvalue weighted by Gasteiger charge is -2.11. The van der Waals surface area contributed by atoms with E-state index in [1.807, 2.05) is 43.3 Å². The number of benzene rings is 2. The number of anilines is 2. The largest absolute Gasteiger partial charge is 0.497 e. The number of urea groups is 1. The Morgan fingerprint density at radius 2 is 1.80 bits per heavy atom. The highest BCUT2D eigenvalue weighted by Gasteiger charge is 2.07. The Kier molecular flexibility index (Phi) is 4.63. The van der Waals surface area contributed by atoms with E-state index >= 15 is 0 Å². The molecule has 0 aliphatic rings. The van der Waals surface area contributed by atoms with Crippen molar-refractivity contribution in [2.45, 2.75) is 6.92 Å². The van der Waals surface area contributed by atoms with E-state index in [1.54, 1.807) is 13.2 Å². The number of carbonyl (C=O) groups is 1. The predicted octanol–water partition coefficient (Wildman–Crippen LogP) is 4.41. The van der Waals surface area contributed by atoms with Gasteiger partial charge in [0.2, 0.25) is 0 Å². The zero-order valence-electron chi connectivity index (χ0n) is 11.2. The predicted molar refractivity (Wildman–Crippen MR) is 84.5 cm³/mol. The molecule has 0 unspecified atom stereocenters. The first kappa shape index (κ1) is 14.4. The average Bonchev–Trinajstić information content (AvgIpc) is 2.43. The lowest BCUT2D eigenvalue weighted by atomic mass is 10.2. The molecule has 2 amide bonds. The van der Waals surface area contributed by atoms with Gasteiger partial charge in [-0.2, -0.15) is 0 Å². The first-order valence-corrected chi connectivity index (χ1v) is 6.86. The summed E-state index contributed by atoms with van der Waals surface area (Å²) in [4.78, 5) is 12.0. The number of halogens is 1. The quantitative estimate of drug-likeness (QED) is 0.873. The topological polar surface area (TPSA) is 50.4 Å². The third-order valence-corrected chi connectivity index (χ3v) is 3.50. The molecule has 5 heteroatoms. The van der Waals surface area contributed by atoms with Gasteiger partial charge in [-0.3, -0.25) is 0 Å². The van der Waals surface area contributed by atoms with E-state index in [4.69, 9.17) is 4.74 Å². The Hall–Kier alpha value is -2.01. The van der Waals surface area contributed by atoms with Gasteiger partial charge in [-0.1, -0.05) is 12.1 Å². The van der Waals surface area contributed by atoms with Gasteiger partial charge in [0, 0.05) is 10.2 Å². The number of nitrogens with one attached hydrogen (secondary N) is 2. The maximum atomic E-state index is 12.0. The number of rotatable bonds is 3. The van der Waals surface area contributed by atoms with Crippen molar-refractivity contribution in [3.05, 3.63) is 52.5 Å². The van der Waals surface area contributed by atoms with Crippen LogP contribution < -0.4 is 15.4 Å². The number of methoxy groups -OCH3 is 1. The van der Waals surface area contributed by atoms with Crippen molar-refractivity contribution in [1.29, 1.82) is 0 Å². The summed E-state index contributed by atoms with van der Waals surface area (Å²) in [7, 11) is 1.61. The first-order valence-electron chi connectivity index (χ1n) is 6.07. The molecule has 0 aromatic heterocycles. The summed E-state index contributed by atoms with van der Waals surface area (Å²) in [5.74, 6) is 0.763. The minimum Gasteiger partial charge on any atom is -0.497 e. The zero-order valence-corrected chi connectivity index (χ0v) is 12.8. The molecule has 104 valence electrons. The van der Waals surface area contributed by atoms with E-state index in [2.05, 4.69) is 26.6 Å². The van der Waals surface area contributed by atoms with Crippen LogP contribution in [-0.2, 0) is 0 Å². The van der Waals surface area contributed by atoms with Crippen LogP contribution in [0.2, 0.25) is 0 Å². The Bertz CT molecular complexity index is 629. The van der Waals surface area contributed by atoms with E-state index in [-0.39, 0.29) is 6.03 Å². The monoisotopic (exact) mass is 334 g/mol. The Morgan fingerprint density at radius 3 is 2.45 bits per heavy atom. The molecular formula is C15H15BrN2O2. The second-order valence-corrected chi connectivity index (χ2v) is 5.09. The zero-order chi connectivity index (χ0) is 14.5. The molecule has 0 saturated heterocycles.